The molecule has 33 heavy (non-hydrogen) atoms. The fraction of sp³-hybridized carbons (Fsp3) is 0.0833. The van der Waals surface area contributed by atoms with Gasteiger partial charge in [-0.1, -0.05) is 59.9 Å². The largest absolute Gasteiger partial charge is 0.332 e. The lowest BCUT2D eigenvalue weighted by Gasteiger charge is -2.16. The molecule has 0 aliphatic carbocycles. The second-order valence-corrected chi connectivity index (χ2v) is 9.76. The zero-order valence-electron chi connectivity index (χ0n) is 17.7. The third kappa shape index (κ3) is 6.61. The molecule has 0 spiro atoms. The minimum absolute atomic E-state index is 0.141. The number of rotatable bonds is 7. The molecule has 0 saturated carbocycles. The monoisotopic (exact) mass is 491 g/mol. The van der Waals surface area contributed by atoms with Crippen LogP contribution in [0.3, 0.4) is 0 Å². The van der Waals surface area contributed by atoms with Gasteiger partial charge in [-0.25, -0.2) is 0 Å². The van der Waals surface area contributed by atoms with Gasteiger partial charge in [0.05, 0.1) is 0 Å². The molecule has 0 fully saturated rings. The molecule has 0 saturated heterocycles. The number of aromatic nitrogens is 2. The van der Waals surface area contributed by atoms with Gasteiger partial charge in [0.2, 0.25) is 11.0 Å². The van der Waals surface area contributed by atoms with Crippen LogP contribution in [-0.4, -0.2) is 21.2 Å². The quantitative estimate of drug-likeness (QED) is 0.212. The number of nitrogens with one attached hydrogen (secondary N) is 3. The van der Waals surface area contributed by atoms with Crippen molar-refractivity contribution in [3.05, 3.63) is 95.5 Å². The molecule has 1 aromatic heterocycles. The lowest BCUT2D eigenvalue weighted by atomic mass is 10.1. The molecule has 0 bridgehead atoms. The van der Waals surface area contributed by atoms with E-state index >= 15 is 0 Å². The highest BCUT2D eigenvalue weighted by molar-refractivity contribution is 8.00. The van der Waals surface area contributed by atoms with Crippen LogP contribution in [0.4, 0.5) is 16.5 Å². The van der Waals surface area contributed by atoms with Crippen molar-refractivity contribution in [1.29, 1.82) is 0 Å². The highest BCUT2D eigenvalue weighted by atomic mass is 32.2. The molecule has 9 heteroatoms. The molecule has 1 heterocycles. The van der Waals surface area contributed by atoms with Crippen molar-refractivity contribution in [1.82, 2.24) is 10.2 Å². The second kappa shape index (κ2) is 11.0. The number of nitrogens with zero attached hydrogens (tertiary/aromatic N) is 2. The number of para-hydroxylation sites is 1. The number of thiocarbonyl (C=S) groups is 1. The molecule has 0 aliphatic rings. The number of thioether (sulfide) groups is 1. The Kier molecular flexibility index (Phi) is 7.66. The fourth-order valence-electron chi connectivity index (χ4n) is 2.99. The zero-order chi connectivity index (χ0) is 23.0. The molecule has 3 aromatic carbocycles. The number of hydrogen-bond acceptors (Lipinski definition) is 6. The van der Waals surface area contributed by atoms with Gasteiger partial charge in [-0.05, 0) is 61.1 Å². The fourth-order valence-corrected chi connectivity index (χ4v) is 4.84. The second-order valence-electron chi connectivity index (χ2n) is 6.99. The van der Waals surface area contributed by atoms with E-state index in [0.29, 0.717) is 10.2 Å². The number of anilines is 3. The minimum Gasteiger partial charge on any atom is -0.332 e. The van der Waals surface area contributed by atoms with E-state index in [0.717, 1.165) is 26.8 Å². The Labute approximate surface area is 205 Å². The first-order valence-electron chi connectivity index (χ1n) is 10.1. The van der Waals surface area contributed by atoms with Gasteiger partial charge in [-0.3, -0.25) is 10.1 Å². The van der Waals surface area contributed by atoms with Crippen molar-refractivity contribution >= 4 is 62.8 Å². The third-order valence-corrected chi connectivity index (χ3v) is 6.72. The molecule has 1 amide bonds. The van der Waals surface area contributed by atoms with E-state index in [2.05, 4.69) is 26.1 Å². The molecule has 4 aromatic rings. The highest BCUT2D eigenvalue weighted by Gasteiger charge is 2.23. The van der Waals surface area contributed by atoms with E-state index in [4.69, 9.17) is 12.2 Å². The molecule has 6 nitrogen and oxygen atoms in total. The van der Waals surface area contributed by atoms with Crippen LogP contribution in [0.15, 0.2) is 89.8 Å². The molecule has 0 radical (unpaired) electrons. The summed E-state index contributed by atoms with van der Waals surface area (Å²) in [6.45, 7) is 1.85. The summed E-state index contributed by atoms with van der Waals surface area (Å²) in [6, 6.07) is 27.3. The van der Waals surface area contributed by atoms with E-state index in [9.17, 15) is 4.79 Å². The summed E-state index contributed by atoms with van der Waals surface area (Å²) < 4.78 is 0. The summed E-state index contributed by atoms with van der Waals surface area (Å²) in [5.41, 5.74) is 2.69. The molecule has 1 unspecified atom stereocenters. The van der Waals surface area contributed by atoms with E-state index in [1.165, 1.54) is 23.1 Å². The summed E-state index contributed by atoms with van der Waals surface area (Å²) in [5.74, 6) is -0.141. The number of carbonyl (C=O) groups is 1. The van der Waals surface area contributed by atoms with Gasteiger partial charge in [0.25, 0.3) is 0 Å². The maximum absolute atomic E-state index is 13.1. The van der Waals surface area contributed by atoms with Gasteiger partial charge in [0, 0.05) is 16.3 Å². The molecular weight excluding hydrogens is 470 g/mol. The Morgan fingerprint density at radius 2 is 1.45 bits per heavy atom. The van der Waals surface area contributed by atoms with Gasteiger partial charge < -0.3 is 10.6 Å². The Hall–Kier alpha value is -3.27. The average molecular weight is 492 g/mol. The predicted molar refractivity (Wildman–Crippen MR) is 141 cm³/mol. The predicted octanol–water partition coefficient (Wildman–Crippen LogP) is 6.13. The molecular formula is C24H21N5OS3. The number of benzene rings is 3. The lowest BCUT2D eigenvalue weighted by Crippen LogP contribution is -2.19. The van der Waals surface area contributed by atoms with Crippen molar-refractivity contribution in [2.24, 2.45) is 0 Å². The summed E-state index contributed by atoms with van der Waals surface area (Å²) in [6.07, 6.45) is 0. The lowest BCUT2D eigenvalue weighted by molar-refractivity contribution is -0.115. The van der Waals surface area contributed by atoms with Gasteiger partial charge in [-0.15, -0.1) is 22.0 Å². The van der Waals surface area contributed by atoms with Gasteiger partial charge >= 0.3 is 0 Å². The summed E-state index contributed by atoms with van der Waals surface area (Å²) in [5, 5.41) is 18.6. The van der Waals surface area contributed by atoms with Crippen molar-refractivity contribution in [2.45, 2.75) is 17.1 Å². The van der Waals surface area contributed by atoms with Crippen molar-refractivity contribution in [3.8, 4) is 0 Å². The molecule has 1 atom stereocenters. The van der Waals surface area contributed by atoms with E-state index in [-0.39, 0.29) is 5.91 Å². The van der Waals surface area contributed by atoms with Crippen LogP contribution in [0.5, 0.6) is 0 Å². The number of hydrogen-bond donors (Lipinski definition) is 3. The van der Waals surface area contributed by atoms with Crippen molar-refractivity contribution in [3.63, 3.8) is 0 Å². The van der Waals surface area contributed by atoms with Crippen molar-refractivity contribution in [2.75, 3.05) is 16.0 Å². The van der Waals surface area contributed by atoms with E-state index < -0.39 is 5.25 Å². The standard InChI is InChI=1S/C24H21N5OS3/c1-16-28-29-24(32-16)27-22(30)21(17-8-4-2-5-9-17)33-20-14-12-19(13-15-20)26-23(31)25-18-10-6-3-7-11-18/h2-15,21H,1H3,(H2,25,26,31)(H,27,29,30). The highest BCUT2D eigenvalue weighted by Crippen LogP contribution is 2.37. The van der Waals surface area contributed by atoms with Crippen molar-refractivity contribution < 1.29 is 4.79 Å². The Morgan fingerprint density at radius 1 is 0.848 bits per heavy atom. The van der Waals surface area contributed by atoms with E-state index in [1.807, 2.05) is 91.9 Å². The summed E-state index contributed by atoms with van der Waals surface area (Å²) in [7, 11) is 0. The first kappa shape index (κ1) is 22.9. The zero-order valence-corrected chi connectivity index (χ0v) is 20.1. The van der Waals surface area contributed by atoms with Crippen LogP contribution in [0.2, 0.25) is 0 Å². The van der Waals surface area contributed by atoms with E-state index in [1.54, 1.807) is 0 Å². The summed E-state index contributed by atoms with van der Waals surface area (Å²) in [4.78, 5) is 14.0. The topological polar surface area (TPSA) is 78.9 Å². The van der Waals surface area contributed by atoms with Gasteiger partial charge in [-0.2, -0.15) is 0 Å². The molecule has 4 rings (SSSR count). The van der Waals surface area contributed by atoms with Crippen LogP contribution in [0.1, 0.15) is 15.8 Å². The minimum atomic E-state index is -0.435. The molecule has 166 valence electrons. The summed E-state index contributed by atoms with van der Waals surface area (Å²) >= 11 is 8.22. The van der Waals surface area contributed by atoms with Crippen LogP contribution < -0.4 is 16.0 Å². The van der Waals surface area contributed by atoms with Gasteiger partial charge in [0.15, 0.2) is 5.11 Å². The third-order valence-electron chi connectivity index (χ3n) is 4.49. The smallest absolute Gasteiger partial charge is 0.244 e. The first-order valence-corrected chi connectivity index (χ1v) is 12.2. The Balaban J connectivity index is 1.43. The first-order chi connectivity index (χ1) is 16.1. The van der Waals surface area contributed by atoms with Crippen LogP contribution in [0.25, 0.3) is 0 Å². The Bertz CT molecular complexity index is 1210. The normalized spacial score (nSPS) is 11.4. The number of carbonyl (C=O) groups excluding carboxylic acids is 1. The maximum Gasteiger partial charge on any atom is 0.244 e. The van der Waals surface area contributed by atoms with Crippen LogP contribution in [-0.2, 0) is 4.79 Å². The average Bonchev–Trinajstić information content (AvgIpc) is 3.24. The number of amides is 1. The Morgan fingerprint density at radius 3 is 2.06 bits per heavy atom. The maximum atomic E-state index is 13.1. The van der Waals surface area contributed by atoms with Crippen LogP contribution >= 0.6 is 35.3 Å². The molecule has 3 N–H and O–H groups in total. The van der Waals surface area contributed by atoms with Crippen LogP contribution in [0, 0.1) is 6.92 Å². The number of aryl methyl sites for hydroxylation is 1. The molecule has 0 aliphatic heterocycles. The van der Waals surface area contributed by atoms with Gasteiger partial charge in [0.1, 0.15) is 10.3 Å². The SMILES string of the molecule is Cc1nnc(NC(=O)C(Sc2ccc(NC(=S)Nc3ccccc3)cc2)c2ccccc2)s1.